The Hall–Kier alpha value is -0.570. The Morgan fingerprint density at radius 2 is 1.79 bits per heavy atom. The van der Waals surface area contributed by atoms with E-state index in [0.29, 0.717) is 12.1 Å². The molecule has 3 saturated heterocycles. The number of fused-ring (bicyclic) bond motifs is 2. The van der Waals surface area contributed by atoms with Gasteiger partial charge in [0.15, 0.2) is 0 Å². The van der Waals surface area contributed by atoms with Gasteiger partial charge in [0.05, 0.1) is 0 Å². The third kappa shape index (κ3) is 1.11. The molecule has 3 heteroatoms. The molecule has 78 valence electrons. The first-order chi connectivity index (χ1) is 6.75. The molecule has 2 bridgehead atoms. The van der Waals surface area contributed by atoms with E-state index in [0.717, 1.165) is 19.1 Å². The minimum atomic E-state index is 0.257. The fourth-order valence-electron chi connectivity index (χ4n) is 3.18. The van der Waals surface area contributed by atoms with Gasteiger partial charge in [-0.15, -0.1) is 0 Å². The van der Waals surface area contributed by atoms with Gasteiger partial charge in [-0.2, -0.15) is 0 Å². The minimum absolute atomic E-state index is 0.257. The van der Waals surface area contributed by atoms with Crippen LogP contribution >= 0.6 is 0 Å². The van der Waals surface area contributed by atoms with Crippen molar-refractivity contribution in [2.24, 2.45) is 0 Å². The second-order valence-corrected chi connectivity index (χ2v) is 5.00. The third-order valence-electron chi connectivity index (χ3n) is 4.19. The van der Waals surface area contributed by atoms with E-state index in [1.165, 1.54) is 25.7 Å². The lowest BCUT2D eigenvalue weighted by Crippen LogP contribution is -2.72. The lowest BCUT2D eigenvalue weighted by Gasteiger charge is -2.60. The second kappa shape index (κ2) is 2.96. The van der Waals surface area contributed by atoms with Crippen LogP contribution in [0.4, 0.5) is 0 Å². The van der Waals surface area contributed by atoms with Crippen molar-refractivity contribution >= 4 is 5.91 Å². The zero-order valence-corrected chi connectivity index (χ0v) is 8.78. The molecule has 0 N–H and O–H groups in total. The summed E-state index contributed by atoms with van der Waals surface area (Å²) in [5.74, 6) is 0.257. The van der Waals surface area contributed by atoms with Crippen molar-refractivity contribution in [2.75, 3.05) is 13.1 Å². The van der Waals surface area contributed by atoms with E-state index in [1.807, 2.05) is 4.90 Å². The molecule has 2 unspecified atom stereocenters. The molecule has 4 fully saturated rings. The summed E-state index contributed by atoms with van der Waals surface area (Å²) in [5.41, 5.74) is 0. The highest BCUT2D eigenvalue weighted by atomic mass is 16.2. The van der Waals surface area contributed by atoms with Crippen LogP contribution in [-0.4, -0.2) is 46.9 Å². The van der Waals surface area contributed by atoms with Gasteiger partial charge in [0.1, 0.15) is 0 Å². The van der Waals surface area contributed by atoms with Crippen molar-refractivity contribution in [3.8, 4) is 0 Å². The highest BCUT2D eigenvalue weighted by Gasteiger charge is 2.49. The normalized spacial score (nSPS) is 37.6. The monoisotopic (exact) mass is 194 g/mol. The lowest BCUT2D eigenvalue weighted by molar-refractivity contribution is -0.149. The number of carbonyl (C=O) groups is 1. The standard InChI is InChI=1S/C11H18N2O/c1-8(14)12-6-10-5-11(7-12)13(10)9-3-2-4-9/h9-11H,2-7H2,1H3. The maximum atomic E-state index is 11.2. The van der Waals surface area contributed by atoms with Crippen LogP contribution in [0.3, 0.4) is 0 Å². The Balaban J connectivity index is 1.64. The maximum absolute atomic E-state index is 11.2. The first kappa shape index (κ1) is 8.72. The minimum Gasteiger partial charge on any atom is -0.340 e. The molecule has 0 spiro atoms. The molecule has 2 atom stereocenters. The van der Waals surface area contributed by atoms with Gasteiger partial charge in [-0.1, -0.05) is 6.42 Å². The smallest absolute Gasteiger partial charge is 0.219 e. The second-order valence-electron chi connectivity index (χ2n) is 5.00. The van der Waals surface area contributed by atoms with Gasteiger partial charge >= 0.3 is 0 Å². The van der Waals surface area contributed by atoms with Gasteiger partial charge in [-0.3, -0.25) is 9.69 Å². The fraction of sp³-hybridized carbons (Fsp3) is 0.909. The van der Waals surface area contributed by atoms with E-state index < -0.39 is 0 Å². The number of hydrogen-bond acceptors (Lipinski definition) is 2. The number of rotatable bonds is 1. The number of amides is 1. The molecule has 0 aromatic carbocycles. The molecule has 4 rings (SSSR count). The van der Waals surface area contributed by atoms with Crippen LogP contribution in [0.15, 0.2) is 0 Å². The van der Waals surface area contributed by atoms with Crippen molar-refractivity contribution in [1.82, 2.24) is 9.80 Å². The first-order valence-electron chi connectivity index (χ1n) is 5.78. The number of piperidine rings is 1. The summed E-state index contributed by atoms with van der Waals surface area (Å²) in [6, 6.07) is 2.26. The molecule has 1 saturated carbocycles. The summed E-state index contributed by atoms with van der Waals surface area (Å²) in [6.07, 6.45) is 5.54. The maximum Gasteiger partial charge on any atom is 0.219 e. The van der Waals surface area contributed by atoms with E-state index in [4.69, 9.17) is 0 Å². The Kier molecular flexibility index (Phi) is 1.84. The fourth-order valence-corrected chi connectivity index (χ4v) is 3.18. The number of hydrogen-bond donors (Lipinski definition) is 0. The summed E-state index contributed by atoms with van der Waals surface area (Å²) >= 11 is 0. The number of piperazine rings is 1. The first-order valence-corrected chi connectivity index (χ1v) is 5.78. The zero-order chi connectivity index (χ0) is 9.71. The highest BCUT2D eigenvalue weighted by Crippen LogP contribution is 2.39. The number of carbonyl (C=O) groups excluding carboxylic acids is 1. The molecular formula is C11H18N2O. The summed E-state index contributed by atoms with van der Waals surface area (Å²) < 4.78 is 0. The van der Waals surface area contributed by atoms with Crippen LogP contribution in [0.5, 0.6) is 0 Å². The summed E-state index contributed by atoms with van der Waals surface area (Å²) in [4.78, 5) is 15.9. The van der Waals surface area contributed by atoms with Crippen LogP contribution in [0.25, 0.3) is 0 Å². The molecule has 3 aliphatic heterocycles. The predicted octanol–water partition coefficient (Wildman–Crippen LogP) is 0.844. The van der Waals surface area contributed by atoms with Gasteiger partial charge in [0.2, 0.25) is 5.91 Å². The quantitative estimate of drug-likeness (QED) is 0.617. The third-order valence-corrected chi connectivity index (χ3v) is 4.19. The van der Waals surface area contributed by atoms with E-state index >= 15 is 0 Å². The summed E-state index contributed by atoms with van der Waals surface area (Å²) in [7, 11) is 0. The Morgan fingerprint density at radius 3 is 2.21 bits per heavy atom. The van der Waals surface area contributed by atoms with E-state index in [-0.39, 0.29) is 5.91 Å². The van der Waals surface area contributed by atoms with Crippen LogP contribution in [0.2, 0.25) is 0 Å². The lowest BCUT2D eigenvalue weighted by atomic mass is 9.79. The molecule has 3 heterocycles. The van der Waals surface area contributed by atoms with Crippen molar-refractivity contribution in [3.05, 3.63) is 0 Å². The summed E-state index contributed by atoms with van der Waals surface area (Å²) in [6.45, 7) is 3.67. The Morgan fingerprint density at radius 1 is 1.14 bits per heavy atom. The van der Waals surface area contributed by atoms with Crippen LogP contribution in [0, 0.1) is 0 Å². The average molecular weight is 194 g/mol. The largest absolute Gasteiger partial charge is 0.340 e. The number of nitrogens with zero attached hydrogens (tertiary/aromatic N) is 2. The molecule has 0 aromatic heterocycles. The van der Waals surface area contributed by atoms with Crippen molar-refractivity contribution in [1.29, 1.82) is 0 Å². The van der Waals surface area contributed by atoms with Crippen LogP contribution < -0.4 is 0 Å². The predicted molar refractivity (Wildman–Crippen MR) is 53.9 cm³/mol. The van der Waals surface area contributed by atoms with Gasteiger partial charge in [-0.25, -0.2) is 0 Å². The molecule has 4 aliphatic rings. The Bertz CT molecular complexity index is 250. The van der Waals surface area contributed by atoms with Crippen molar-refractivity contribution < 1.29 is 4.79 Å². The topological polar surface area (TPSA) is 23.6 Å². The van der Waals surface area contributed by atoms with Crippen molar-refractivity contribution in [3.63, 3.8) is 0 Å². The molecule has 1 aliphatic carbocycles. The molecule has 1 amide bonds. The van der Waals surface area contributed by atoms with Gasteiger partial charge < -0.3 is 4.90 Å². The van der Waals surface area contributed by atoms with Crippen LogP contribution in [0.1, 0.15) is 32.6 Å². The average Bonchev–Trinajstić information content (AvgIpc) is 2.11. The highest BCUT2D eigenvalue weighted by molar-refractivity contribution is 5.73. The molecule has 0 aromatic rings. The van der Waals surface area contributed by atoms with Crippen molar-refractivity contribution in [2.45, 2.75) is 50.7 Å². The van der Waals surface area contributed by atoms with Gasteiger partial charge in [0.25, 0.3) is 0 Å². The molecule has 3 nitrogen and oxygen atoms in total. The van der Waals surface area contributed by atoms with E-state index in [2.05, 4.69) is 4.90 Å². The van der Waals surface area contributed by atoms with E-state index in [9.17, 15) is 4.79 Å². The SMILES string of the molecule is CC(=O)N1CC2CC(C1)N2C1CCC1. The van der Waals surface area contributed by atoms with Gasteiger partial charge in [-0.05, 0) is 19.3 Å². The molecule has 0 radical (unpaired) electrons. The summed E-state index contributed by atoms with van der Waals surface area (Å²) in [5, 5.41) is 0. The van der Waals surface area contributed by atoms with Gasteiger partial charge in [0, 0.05) is 38.1 Å². The van der Waals surface area contributed by atoms with Crippen LogP contribution in [-0.2, 0) is 4.79 Å². The molecule has 14 heavy (non-hydrogen) atoms. The Labute approximate surface area is 85.1 Å². The zero-order valence-electron chi connectivity index (χ0n) is 8.78. The van der Waals surface area contributed by atoms with E-state index in [1.54, 1.807) is 6.92 Å². The molecular weight excluding hydrogens is 176 g/mol.